The molecule has 0 radical (unpaired) electrons. The molecule has 0 aliphatic rings. The van der Waals surface area contributed by atoms with Gasteiger partial charge in [0.05, 0.1) is 0 Å². The summed E-state index contributed by atoms with van der Waals surface area (Å²) in [6.45, 7) is 1.86. The Kier molecular flexibility index (Phi) is 3.27. The van der Waals surface area contributed by atoms with Crippen LogP contribution in [0.25, 0.3) is 0 Å². The zero-order chi connectivity index (χ0) is 4.41. The average molecular weight is 106 g/mol. The molecule has 0 aliphatic heterocycles. The smallest absolute Gasteiger partial charge is 0.394 e. The molecule has 0 fully saturated rings. The van der Waals surface area contributed by atoms with Gasteiger partial charge < -0.3 is 10.6 Å². The van der Waals surface area contributed by atoms with Crippen LogP contribution in [0.1, 0.15) is 5.69 Å². The van der Waals surface area contributed by atoms with Crippen molar-refractivity contribution in [2.75, 3.05) is 0 Å². The van der Waals surface area contributed by atoms with Crippen LogP contribution in [0.5, 0.6) is 0 Å². The van der Waals surface area contributed by atoms with E-state index in [2.05, 4.69) is 14.9 Å². The Balaban J connectivity index is 0.000000360. The van der Waals surface area contributed by atoms with E-state index in [1.807, 2.05) is 6.92 Å². The van der Waals surface area contributed by atoms with Gasteiger partial charge in [-0.15, -0.1) is 5.69 Å². The number of aromatic nitrogens is 2. The van der Waals surface area contributed by atoms with E-state index in [0.29, 0.717) is 0 Å². The molecule has 0 aromatic carbocycles. The first-order valence-electron chi connectivity index (χ1n) is 1.56. The Morgan fingerprint density at radius 1 is 1.71 bits per heavy atom. The van der Waals surface area contributed by atoms with E-state index >= 15 is 0 Å². The van der Waals surface area contributed by atoms with E-state index in [1.54, 1.807) is 0 Å². The number of nitrogens with zero attached hydrogens (tertiary/aromatic N) is 2. The quantitative estimate of drug-likeness (QED) is 0.273. The third-order valence-corrected chi connectivity index (χ3v) is 0.954. The van der Waals surface area contributed by atoms with E-state index < -0.39 is 0 Å². The van der Waals surface area contributed by atoms with Gasteiger partial charge in [0, 0.05) is 11.7 Å². The predicted octanol–water partition coefficient (Wildman–Crippen LogP) is -2.35. The minimum Gasteiger partial charge on any atom is -0.394 e. The molecule has 1 heterocycles. The van der Waals surface area contributed by atoms with Gasteiger partial charge in [0.25, 0.3) is 0 Å². The van der Waals surface area contributed by atoms with Crippen molar-refractivity contribution in [3.05, 3.63) is 11.9 Å². The first kappa shape index (κ1) is 7.16. The van der Waals surface area contributed by atoms with Gasteiger partial charge in [-0.2, -0.15) is 0 Å². The van der Waals surface area contributed by atoms with Crippen molar-refractivity contribution < 1.29 is 18.9 Å². The van der Waals surface area contributed by atoms with Crippen molar-refractivity contribution in [3.63, 3.8) is 0 Å². The van der Waals surface area contributed by atoms with Gasteiger partial charge in [0.1, 0.15) is 0 Å². The SMILES string of the molecule is Cc1[c-]nsn1.[Li+]. The fourth-order valence-corrected chi connectivity index (χ4v) is 0.566. The zero-order valence-corrected chi connectivity index (χ0v) is 5.12. The molecule has 0 N–H and O–H groups in total. The molecule has 4 heteroatoms. The number of hydrogen-bond donors (Lipinski definition) is 0. The summed E-state index contributed by atoms with van der Waals surface area (Å²) >= 11 is 1.18. The summed E-state index contributed by atoms with van der Waals surface area (Å²) in [7, 11) is 0. The second kappa shape index (κ2) is 3.20. The Bertz CT molecular complexity index is 116. The maximum Gasteiger partial charge on any atom is 1.00 e. The number of aryl methyl sites for hydroxylation is 1. The molecule has 0 bridgehead atoms. The molecule has 0 saturated heterocycles. The summed E-state index contributed by atoms with van der Waals surface area (Å²) in [6, 6.07) is 0. The van der Waals surface area contributed by atoms with Crippen LogP contribution < -0.4 is 18.9 Å². The second-order valence-electron chi connectivity index (χ2n) is 0.961. The number of hydrogen-bond acceptors (Lipinski definition) is 3. The molecule has 0 atom stereocenters. The van der Waals surface area contributed by atoms with E-state index in [-0.39, 0.29) is 18.9 Å². The fraction of sp³-hybridized carbons (Fsp3) is 0.333. The summed E-state index contributed by atoms with van der Waals surface area (Å²) in [5.41, 5.74) is 0.875. The Hall–Kier alpha value is 0.157. The van der Waals surface area contributed by atoms with Crippen molar-refractivity contribution >= 4 is 11.7 Å². The maximum atomic E-state index is 3.79. The molecule has 7 heavy (non-hydrogen) atoms. The van der Waals surface area contributed by atoms with Gasteiger partial charge in [-0.3, -0.25) is 0 Å². The van der Waals surface area contributed by atoms with Gasteiger partial charge in [-0.05, 0) is 0 Å². The first-order valence-corrected chi connectivity index (χ1v) is 2.29. The Morgan fingerprint density at radius 3 is 2.57 bits per heavy atom. The molecular weight excluding hydrogens is 103 g/mol. The van der Waals surface area contributed by atoms with Gasteiger partial charge >= 0.3 is 18.9 Å². The van der Waals surface area contributed by atoms with Crippen molar-refractivity contribution in [3.8, 4) is 0 Å². The standard InChI is InChI=1S/C3H3N2S.Li/c1-3-2-4-6-5-3;/h1H3;/q-1;+1. The van der Waals surface area contributed by atoms with Crippen LogP contribution >= 0.6 is 11.7 Å². The molecule has 2 nitrogen and oxygen atoms in total. The summed E-state index contributed by atoms with van der Waals surface area (Å²) < 4.78 is 7.42. The predicted molar refractivity (Wildman–Crippen MR) is 23.5 cm³/mol. The fourth-order valence-electron chi connectivity index (χ4n) is 0.189. The summed E-state index contributed by atoms with van der Waals surface area (Å²) in [5, 5.41) is 0. The molecule has 0 spiro atoms. The molecule has 0 amide bonds. The molecule has 0 unspecified atom stereocenters. The van der Waals surface area contributed by atoms with Gasteiger partial charge in [0.2, 0.25) is 0 Å². The molecule has 1 aromatic rings. The van der Waals surface area contributed by atoms with Crippen molar-refractivity contribution in [1.82, 2.24) is 8.75 Å². The van der Waals surface area contributed by atoms with Crippen LogP contribution in [0.3, 0.4) is 0 Å². The molecule has 0 aliphatic carbocycles. The molecule has 32 valence electrons. The summed E-state index contributed by atoms with van der Waals surface area (Å²) in [6.07, 6.45) is 2.66. The average Bonchev–Trinajstić information content (AvgIpc) is 1.86. The summed E-state index contributed by atoms with van der Waals surface area (Å²) in [5.74, 6) is 0. The normalized spacial score (nSPS) is 7.57. The first-order chi connectivity index (χ1) is 2.89. The van der Waals surface area contributed by atoms with Crippen LogP contribution in [-0.2, 0) is 0 Å². The minimum atomic E-state index is 0. The van der Waals surface area contributed by atoms with Gasteiger partial charge in [-0.1, -0.05) is 6.92 Å². The van der Waals surface area contributed by atoms with Crippen molar-refractivity contribution in [1.29, 1.82) is 0 Å². The molecule has 0 saturated carbocycles. The molecule has 1 rings (SSSR count). The third-order valence-electron chi connectivity index (χ3n) is 0.426. The minimum absolute atomic E-state index is 0. The van der Waals surface area contributed by atoms with Crippen LogP contribution in [0, 0.1) is 13.1 Å². The number of rotatable bonds is 0. The Labute approximate surface area is 58.5 Å². The van der Waals surface area contributed by atoms with Crippen molar-refractivity contribution in [2.24, 2.45) is 0 Å². The molecular formula is C3H3LiN2S. The van der Waals surface area contributed by atoms with Crippen LogP contribution in [0.2, 0.25) is 0 Å². The van der Waals surface area contributed by atoms with E-state index in [9.17, 15) is 0 Å². The van der Waals surface area contributed by atoms with E-state index in [4.69, 9.17) is 0 Å². The van der Waals surface area contributed by atoms with Gasteiger partial charge in [-0.25, -0.2) is 4.37 Å². The van der Waals surface area contributed by atoms with Crippen LogP contribution in [-0.4, -0.2) is 8.75 Å². The third kappa shape index (κ3) is 2.08. The van der Waals surface area contributed by atoms with Gasteiger partial charge in [0.15, 0.2) is 0 Å². The van der Waals surface area contributed by atoms with Crippen LogP contribution in [0.15, 0.2) is 0 Å². The topological polar surface area (TPSA) is 25.8 Å². The maximum absolute atomic E-state index is 3.79. The molecule has 1 aromatic heterocycles. The second-order valence-corrected chi connectivity index (χ2v) is 1.49. The largest absolute Gasteiger partial charge is 1.00 e. The van der Waals surface area contributed by atoms with Crippen LogP contribution in [0.4, 0.5) is 0 Å². The summed E-state index contributed by atoms with van der Waals surface area (Å²) in [4.78, 5) is 0. The van der Waals surface area contributed by atoms with E-state index in [0.717, 1.165) is 5.69 Å². The van der Waals surface area contributed by atoms with Crippen molar-refractivity contribution in [2.45, 2.75) is 6.92 Å². The van der Waals surface area contributed by atoms with E-state index in [1.165, 1.54) is 11.7 Å². The zero-order valence-electron chi connectivity index (χ0n) is 4.30. The monoisotopic (exact) mass is 106 g/mol. The Morgan fingerprint density at radius 2 is 2.43 bits per heavy atom.